The highest BCUT2D eigenvalue weighted by molar-refractivity contribution is 6.31. The van der Waals surface area contributed by atoms with Gasteiger partial charge in [0, 0.05) is 18.1 Å². The van der Waals surface area contributed by atoms with Crippen molar-refractivity contribution in [3.8, 4) is 0 Å². The molecule has 0 saturated heterocycles. The van der Waals surface area contributed by atoms with Crippen molar-refractivity contribution in [2.45, 2.75) is 26.8 Å². The van der Waals surface area contributed by atoms with Gasteiger partial charge in [-0.2, -0.15) is 0 Å². The van der Waals surface area contributed by atoms with E-state index < -0.39 is 0 Å². The van der Waals surface area contributed by atoms with E-state index in [-0.39, 0.29) is 0 Å². The molecule has 3 heteroatoms. The number of rotatable bonds is 8. The molecule has 1 atom stereocenters. The van der Waals surface area contributed by atoms with Crippen molar-refractivity contribution in [2.75, 3.05) is 26.7 Å². The molecule has 1 rings (SSSR count). The van der Waals surface area contributed by atoms with Gasteiger partial charge in [-0.25, -0.2) is 0 Å². The van der Waals surface area contributed by atoms with Gasteiger partial charge in [0.2, 0.25) is 0 Å². The van der Waals surface area contributed by atoms with Crippen molar-refractivity contribution in [1.29, 1.82) is 0 Å². The lowest BCUT2D eigenvalue weighted by Crippen LogP contribution is -2.31. The van der Waals surface area contributed by atoms with Gasteiger partial charge in [0.25, 0.3) is 0 Å². The van der Waals surface area contributed by atoms with Crippen LogP contribution in [0.25, 0.3) is 0 Å². The molecule has 0 fully saturated rings. The summed E-state index contributed by atoms with van der Waals surface area (Å²) in [5, 5.41) is 4.32. The summed E-state index contributed by atoms with van der Waals surface area (Å²) in [5.41, 5.74) is 1.20. The van der Waals surface area contributed by atoms with Crippen LogP contribution < -0.4 is 5.32 Å². The minimum absolute atomic E-state index is 0.657. The fourth-order valence-corrected chi connectivity index (χ4v) is 2.30. The van der Waals surface area contributed by atoms with Crippen LogP contribution in [-0.4, -0.2) is 31.6 Å². The van der Waals surface area contributed by atoms with Crippen LogP contribution in [0.15, 0.2) is 24.3 Å². The monoisotopic (exact) mass is 268 g/mol. The molecule has 1 unspecified atom stereocenters. The highest BCUT2D eigenvalue weighted by atomic mass is 35.5. The summed E-state index contributed by atoms with van der Waals surface area (Å²) in [6.45, 7) is 8.67. The van der Waals surface area contributed by atoms with E-state index in [0.29, 0.717) is 5.92 Å². The zero-order chi connectivity index (χ0) is 13.4. The van der Waals surface area contributed by atoms with Gasteiger partial charge < -0.3 is 10.2 Å². The molecule has 1 aromatic rings. The Morgan fingerprint density at radius 1 is 1.33 bits per heavy atom. The van der Waals surface area contributed by atoms with Crippen molar-refractivity contribution >= 4 is 11.6 Å². The number of nitrogens with one attached hydrogen (secondary N) is 1. The summed E-state index contributed by atoms with van der Waals surface area (Å²) in [4.78, 5) is 2.33. The predicted molar refractivity (Wildman–Crippen MR) is 80.1 cm³/mol. The van der Waals surface area contributed by atoms with Gasteiger partial charge in [0.15, 0.2) is 0 Å². The van der Waals surface area contributed by atoms with Gasteiger partial charge in [-0.05, 0) is 44.1 Å². The number of hydrogen-bond acceptors (Lipinski definition) is 2. The summed E-state index contributed by atoms with van der Waals surface area (Å²) < 4.78 is 0. The molecule has 0 saturated carbocycles. The van der Waals surface area contributed by atoms with Crippen molar-refractivity contribution in [2.24, 2.45) is 5.92 Å². The Balaban J connectivity index is 2.33. The van der Waals surface area contributed by atoms with Crippen LogP contribution in [0.1, 0.15) is 25.8 Å². The van der Waals surface area contributed by atoms with Crippen LogP contribution in [0.3, 0.4) is 0 Å². The van der Waals surface area contributed by atoms with Crippen LogP contribution in [0, 0.1) is 5.92 Å². The largest absolute Gasteiger partial charge is 0.316 e. The maximum atomic E-state index is 6.17. The highest BCUT2D eigenvalue weighted by Gasteiger charge is 2.08. The lowest BCUT2D eigenvalue weighted by atomic mass is 10.1. The van der Waals surface area contributed by atoms with E-state index in [9.17, 15) is 0 Å². The molecule has 0 aromatic heterocycles. The fraction of sp³-hybridized carbons (Fsp3) is 0.600. The summed E-state index contributed by atoms with van der Waals surface area (Å²) in [7, 11) is 2.15. The van der Waals surface area contributed by atoms with E-state index >= 15 is 0 Å². The van der Waals surface area contributed by atoms with Crippen LogP contribution in [0.2, 0.25) is 5.02 Å². The third kappa shape index (κ3) is 5.85. The second-order valence-electron chi connectivity index (χ2n) is 5.10. The normalized spacial score (nSPS) is 12.9. The topological polar surface area (TPSA) is 15.3 Å². The molecular formula is C15H25ClN2. The third-order valence-corrected chi connectivity index (χ3v) is 3.31. The van der Waals surface area contributed by atoms with E-state index in [2.05, 4.69) is 37.2 Å². The van der Waals surface area contributed by atoms with Crippen LogP contribution in [0.4, 0.5) is 0 Å². The second kappa shape index (κ2) is 8.52. The predicted octanol–water partition coefficient (Wildman–Crippen LogP) is 3.41. The lowest BCUT2D eigenvalue weighted by molar-refractivity contribution is 0.274. The van der Waals surface area contributed by atoms with E-state index in [4.69, 9.17) is 11.6 Å². The van der Waals surface area contributed by atoms with Gasteiger partial charge >= 0.3 is 0 Å². The minimum Gasteiger partial charge on any atom is -0.316 e. The molecule has 18 heavy (non-hydrogen) atoms. The van der Waals surface area contributed by atoms with E-state index in [0.717, 1.165) is 31.2 Å². The Bertz CT molecular complexity index is 341. The summed E-state index contributed by atoms with van der Waals surface area (Å²) >= 11 is 6.17. The zero-order valence-corrected chi connectivity index (χ0v) is 12.5. The van der Waals surface area contributed by atoms with Gasteiger partial charge in [-0.3, -0.25) is 0 Å². The average Bonchev–Trinajstić information content (AvgIpc) is 2.32. The lowest BCUT2D eigenvalue weighted by Gasteiger charge is -2.22. The van der Waals surface area contributed by atoms with Crippen LogP contribution >= 0.6 is 11.6 Å². The highest BCUT2D eigenvalue weighted by Crippen LogP contribution is 2.16. The van der Waals surface area contributed by atoms with Crippen molar-refractivity contribution in [3.05, 3.63) is 34.9 Å². The average molecular weight is 269 g/mol. The minimum atomic E-state index is 0.657. The first-order valence-corrected chi connectivity index (χ1v) is 7.14. The number of halogens is 1. The van der Waals surface area contributed by atoms with Crippen LogP contribution in [-0.2, 0) is 6.54 Å². The van der Waals surface area contributed by atoms with Crippen molar-refractivity contribution in [1.82, 2.24) is 10.2 Å². The Kier molecular flexibility index (Phi) is 7.33. The molecular weight excluding hydrogens is 244 g/mol. The molecule has 2 nitrogen and oxygen atoms in total. The van der Waals surface area contributed by atoms with E-state index in [1.165, 1.54) is 12.0 Å². The molecule has 0 radical (unpaired) electrons. The number of nitrogens with zero attached hydrogens (tertiary/aromatic N) is 1. The molecule has 0 heterocycles. The van der Waals surface area contributed by atoms with Crippen molar-refractivity contribution < 1.29 is 0 Å². The molecule has 0 aliphatic rings. The van der Waals surface area contributed by atoms with Crippen molar-refractivity contribution in [3.63, 3.8) is 0 Å². The summed E-state index contributed by atoms with van der Waals surface area (Å²) in [6, 6.07) is 8.07. The maximum Gasteiger partial charge on any atom is 0.0451 e. The third-order valence-electron chi connectivity index (χ3n) is 2.94. The SMILES string of the molecule is CCCNCC(C)CN(C)Cc1ccccc1Cl. The van der Waals surface area contributed by atoms with Gasteiger partial charge in [-0.15, -0.1) is 0 Å². The molecule has 0 bridgehead atoms. The Labute approximate surface area is 116 Å². The molecule has 1 N–H and O–H groups in total. The summed E-state index contributed by atoms with van der Waals surface area (Å²) in [6.07, 6.45) is 1.20. The van der Waals surface area contributed by atoms with Crippen LogP contribution in [0.5, 0.6) is 0 Å². The maximum absolute atomic E-state index is 6.17. The number of benzene rings is 1. The van der Waals surface area contributed by atoms with E-state index in [1.54, 1.807) is 0 Å². The Morgan fingerprint density at radius 2 is 2.06 bits per heavy atom. The first-order chi connectivity index (χ1) is 8.63. The Morgan fingerprint density at radius 3 is 2.72 bits per heavy atom. The molecule has 102 valence electrons. The fourth-order valence-electron chi connectivity index (χ4n) is 2.10. The zero-order valence-electron chi connectivity index (χ0n) is 11.7. The molecule has 0 amide bonds. The van der Waals surface area contributed by atoms with Gasteiger partial charge in [0.05, 0.1) is 0 Å². The quantitative estimate of drug-likeness (QED) is 0.727. The van der Waals surface area contributed by atoms with Gasteiger partial charge in [-0.1, -0.05) is 43.6 Å². The number of hydrogen-bond donors (Lipinski definition) is 1. The molecule has 0 aliphatic carbocycles. The molecule has 0 spiro atoms. The first-order valence-electron chi connectivity index (χ1n) is 6.76. The summed E-state index contributed by atoms with van der Waals surface area (Å²) in [5.74, 6) is 0.657. The Hall–Kier alpha value is -0.570. The molecule has 1 aromatic carbocycles. The van der Waals surface area contributed by atoms with Gasteiger partial charge in [0.1, 0.15) is 0 Å². The van der Waals surface area contributed by atoms with E-state index in [1.807, 2.05) is 18.2 Å². The standard InChI is InChI=1S/C15H25ClN2/c1-4-9-17-10-13(2)11-18(3)12-14-7-5-6-8-15(14)16/h5-8,13,17H,4,9-12H2,1-3H3. The smallest absolute Gasteiger partial charge is 0.0451 e. The second-order valence-corrected chi connectivity index (χ2v) is 5.50. The first kappa shape index (κ1) is 15.5. The molecule has 0 aliphatic heterocycles.